The lowest BCUT2D eigenvalue weighted by molar-refractivity contribution is -0.137. The Balaban J connectivity index is 2.17. The second-order valence-electron chi connectivity index (χ2n) is 5.27. The highest BCUT2D eigenvalue weighted by Crippen LogP contribution is 2.31. The van der Waals surface area contributed by atoms with Gasteiger partial charge in [-0.15, -0.1) is 0 Å². The Morgan fingerprint density at radius 1 is 1.35 bits per heavy atom. The molecule has 1 fully saturated rings. The summed E-state index contributed by atoms with van der Waals surface area (Å²) in [5, 5.41) is 0. The SMILES string of the molecule is CCCN(CC1CC1)C(=O)c1cccc(C(F)(F)F)c1. The summed E-state index contributed by atoms with van der Waals surface area (Å²) < 4.78 is 38.0. The molecule has 0 heterocycles. The van der Waals surface area contributed by atoms with E-state index in [4.69, 9.17) is 0 Å². The van der Waals surface area contributed by atoms with Crippen LogP contribution in [0, 0.1) is 5.92 Å². The van der Waals surface area contributed by atoms with Crippen molar-refractivity contribution in [3.05, 3.63) is 35.4 Å². The van der Waals surface area contributed by atoms with Crippen LogP contribution in [-0.2, 0) is 6.18 Å². The van der Waals surface area contributed by atoms with E-state index in [1.54, 1.807) is 4.90 Å². The molecule has 0 aliphatic heterocycles. The third-order valence-electron chi connectivity index (χ3n) is 3.39. The zero-order valence-corrected chi connectivity index (χ0v) is 11.4. The van der Waals surface area contributed by atoms with Gasteiger partial charge in [0.1, 0.15) is 0 Å². The van der Waals surface area contributed by atoms with E-state index in [0.29, 0.717) is 19.0 Å². The fraction of sp³-hybridized carbons (Fsp3) is 0.533. The molecule has 5 heteroatoms. The molecule has 1 aromatic carbocycles. The van der Waals surface area contributed by atoms with E-state index in [-0.39, 0.29) is 11.5 Å². The van der Waals surface area contributed by atoms with Crippen molar-refractivity contribution in [1.29, 1.82) is 0 Å². The van der Waals surface area contributed by atoms with Crippen LogP contribution in [0.15, 0.2) is 24.3 Å². The van der Waals surface area contributed by atoms with Crippen LogP contribution < -0.4 is 0 Å². The number of alkyl halides is 3. The van der Waals surface area contributed by atoms with E-state index in [2.05, 4.69) is 0 Å². The van der Waals surface area contributed by atoms with Crippen LogP contribution in [0.5, 0.6) is 0 Å². The van der Waals surface area contributed by atoms with Crippen molar-refractivity contribution in [2.24, 2.45) is 5.92 Å². The Morgan fingerprint density at radius 3 is 2.60 bits per heavy atom. The first-order valence-electron chi connectivity index (χ1n) is 6.88. The number of carbonyl (C=O) groups excluding carboxylic acids is 1. The molecule has 0 bridgehead atoms. The maximum Gasteiger partial charge on any atom is 0.416 e. The van der Waals surface area contributed by atoms with Gasteiger partial charge in [0.25, 0.3) is 5.91 Å². The first-order valence-corrected chi connectivity index (χ1v) is 6.88. The third-order valence-corrected chi connectivity index (χ3v) is 3.39. The van der Waals surface area contributed by atoms with Gasteiger partial charge >= 0.3 is 6.18 Å². The number of amides is 1. The van der Waals surface area contributed by atoms with Gasteiger partial charge in [-0.3, -0.25) is 4.79 Å². The summed E-state index contributed by atoms with van der Waals surface area (Å²) in [6.07, 6.45) is -1.40. The molecular formula is C15H18F3NO. The highest BCUT2D eigenvalue weighted by molar-refractivity contribution is 5.94. The van der Waals surface area contributed by atoms with Crippen molar-refractivity contribution >= 4 is 5.91 Å². The van der Waals surface area contributed by atoms with Crippen molar-refractivity contribution in [2.75, 3.05) is 13.1 Å². The summed E-state index contributed by atoms with van der Waals surface area (Å²) in [5.74, 6) is 0.223. The van der Waals surface area contributed by atoms with Gasteiger partial charge in [0.05, 0.1) is 5.56 Å². The van der Waals surface area contributed by atoms with E-state index < -0.39 is 11.7 Å². The molecule has 1 aliphatic carbocycles. The van der Waals surface area contributed by atoms with Crippen LogP contribution in [0.25, 0.3) is 0 Å². The minimum Gasteiger partial charge on any atom is -0.338 e. The third kappa shape index (κ3) is 3.74. The minimum atomic E-state index is -4.41. The predicted octanol–water partition coefficient (Wildman–Crippen LogP) is 3.97. The van der Waals surface area contributed by atoms with Crippen molar-refractivity contribution < 1.29 is 18.0 Å². The zero-order chi connectivity index (χ0) is 14.8. The van der Waals surface area contributed by atoms with E-state index in [1.807, 2.05) is 6.92 Å². The Kier molecular flexibility index (Phi) is 4.35. The number of benzene rings is 1. The lowest BCUT2D eigenvalue weighted by Gasteiger charge is -2.22. The molecule has 0 unspecified atom stereocenters. The van der Waals surface area contributed by atoms with Gasteiger partial charge in [-0.2, -0.15) is 13.2 Å². The molecule has 20 heavy (non-hydrogen) atoms. The predicted molar refractivity (Wildman–Crippen MR) is 70.4 cm³/mol. The maximum absolute atomic E-state index is 12.7. The number of hydrogen-bond donors (Lipinski definition) is 0. The Bertz CT molecular complexity index is 480. The average Bonchev–Trinajstić information content (AvgIpc) is 3.20. The van der Waals surface area contributed by atoms with Crippen molar-refractivity contribution in [2.45, 2.75) is 32.4 Å². The standard InChI is InChI=1S/C15H18F3NO/c1-2-8-19(10-11-6-7-11)14(20)12-4-3-5-13(9-12)15(16,17)18/h3-5,9,11H,2,6-8,10H2,1H3. The molecule has 0 saturated heterocycles. The number of rotatable bonds is 5. The van der Waals surface area contributed by atoms with Gasteiger partial charge in [0.2, 0.25) is 0 Å². The molecule has 1 aromatic rings. The summed E-state index contributed by atoms with van der Waals surface area (Å²) in [7, 11) is 0. The molecule has 0 spiro atoms. The lowest BCUT2D eigenvalue weighted by atomic mass is 10.1. The summed E-state index contributed by atoms with van der Waals surface area (Å²) in [6, 6.07) is 4.67. The second-order valence-corrected chi connectivity index (χ2v) is 5.27. The van der Waals surface area contributed by atoms with Crippen molar-refractivity contribution in [3.8, 4) is 0 Å². The molecule has 0 N–H and O–H groups in total. The fourth-order valence-electron chi connectivity index (χ4n) is 2.17. The van der Waals surface area contributed by atoms with Crippen LogP contribution in [0.4, 0.5) is 13.2 Å². The summed E-state index contributed by atoms with van der Waals surface area (Å²) in [6.45, 7) is 3.20. The molecule has 0 atom stereocenters. The van der Waals surface area contributed by atoms with Gasteiger partial charge < -0.3 is 4.90 Å². The Labute approximate surface area is 116 Å². The van der Waals surface area contributed by atoms with Crippen LogP contribution in [0.2, 0.25) is 0 Å². The number of halogens is 3. The first kappa shape index (κ1) is 14.9. The van der Waals surface area contributed by atoms with E-state index in [0.717, 1.165) is 31.4 Å². The number of nitrogens with zero attached hydrogens (tertiary/aromatic N) is 1. The highest BCUT2D eigenvalue weighted by atomic mass is 19.4. The Morgan fingerprint density at radius 2 is 2.05 bits per heavy atom. The summed E-state index contributed by atoms with van der Waals surface area (Å²) in [5.41, 5.74) is -0.653. The van der Waals surface area contributed by atoms with E-state index in [1.165, 1.54) is 12.1 Å². The van der Waals surface area contributed by atoms with E-state index >= 15 is 0 Å². The molecule has 1 amide bonds. The second kappa shape index (κ2) is 5.85. The van der Waals surface area contributed by atoms with E-state index in [9.17, 15) is 18.0 Å². The smallest absolute Gasteiger partial charge is 0.338 e. The molecular weight excluding hydrogens is 267 g/mol. The van der Waals surface area contributed by atoms with Crippen molar-refractivity contribution in [3.63, 3.8) is 0 Å². The van der Waals surface area contributed by atoms with Gasteiger partial charge in [0.15, 0.2) is 0 Å². The average molecular weight is 285 g/mol. The van der Waals surface area contributed by atoms with Crippen LogP contribution in [-0.4, -0.2) is 23.9 Å². The lowest BCUT2D eigenvalue weighted by Crippen LogP contribution is -2.33. The summed E-state index contributed by atoms with van der Waals surface area (Å²) >= 11 is 0. The maximum atomic E-state index is 12.7. The highest BCUT2D eigenvalue weighted by Gasteiger charge is 2.32. The normalized spacial score (nSPS) is 15.2. The zero-order valence-electron chi connectivity index (χ0n) is 11.4. The summed E-state index contributed by atoms with van der Waals surface area (Å²) in [4.78, 5) is 14.0. The number of hydrogen-bond acceptors (Lipinski definition) is 1. The quantitative estimate of drug-likeness (QED) is 0.801. The van der Waals surface area contributed by atoms with Crippen molar-refractivity contribution in [1.82, 2.24) is 4.90 Å². The Hall–Kier alpha value is -1.52. The fourth-order valence-corrected chi connectivity index (χ4v) is 2.17. The molecule has 0 aromatic heterocycles. The van der Waals surface area contributed by atoms with Gasteiger partial charge in [0, 0.05) is 18.7 Å². The van der Waals surface area contributed by atoms with Crippen LogP contribution >= 0.6 is 0 Å². The molecule has 1 saturated carbocycles. The topological polar surface area (TPSA) is 20.3 Å². The monoisotopic (exact) mass is 285 g/mol. The molecule has 0 radical (unpaired) electrons. The molecule has 2 rings (SSSR count). The molecule has 1 aliphatic rings. The minimum absolute atomic E-state index is 0.119. The molecule has 110 valence electrons. The van der Waals surface area contributed by atoms with Crippen LogP contribution in [0.3, 0.4) is 0 Å². The van der Waals surface area contributed by atoms with Gasteiger partial charge in [-0.1, -0.05) is 13.0 Å². The molecule has 2 nitrogen and oxygen atoms in total. The van der Waals surface area contributed by atoms with Gasteiger partial charge in [-0.25, -0.2) is 0 Å². The van der Waals surface area contributed by atoms with Crippen LogP contribution in [0.1, 0.15) is 42.1 Å². The largest absolute Gasteiger partial charge is 0.416 e. The number of carbonyl (C=O) groups is 1. The first-order chi connectivity index (χ1) is 9.41. The van der Waals surface area contributed by atoms with Gasteiger partial charge in [-0.05, 0) is 43.4 Å².